The van der Waals surface area contributed by atoms with E-state index in [0.717, 1.165) is 12.8 Å². The first-order valence-electron chi connectivity index (χ1n) is 7.48. The molecule has 3 atom stereocenters. The maximum Gasteiger partial charge on any atom is 0.223 e. The number of hydrogen-bond acceptors (Lipinski definition) is 3. The van der Waals surface area contributed by atoms with E-state index < -0.39 is 23.7 Å². The van der Waals surface area contributed by atoms with Crippen LogP contribution in [0.15, 0.2) is 0 Å². The van der Waals surface area contributed by atoms with Gasteiger partial charge < -0.3 is 16.8 Å². The van der Waals surface area contributed by atoms with Crippen molar-refractivity contribution in [2.75, 3.05) is 6.54 Å². The number of rotatable bonds is 6. The fourth-order valence-corrected chi connectivity index (χ4v) is 2.95. The summed E-state index contributed by atoms with van der Waals surface area (Å²) in [6, 6.07) is 0. The molecule has 6 nitrogen and oxygen atoms in total. The first kappa shape index (κ1) is 17.5. The van der Waals surface area contributed by atoms with Gasteiger partial charge in [0.2, 0.25) is 17.7 Å². The Morgan fingerprint density at radius 2 is 1.81 bits per heavy atom. The summed E-state index contributed by atoms with van der Waals surface area (Å²) in [7, 11) is 0. The summed E-state index contributed by atoms with van der Waals surface area (Å²) in [4.78, 5) is 35.4. The molecule has 0 saturated carbocycles. The van der Waals surface area contributed by atoms with Crippen molar-refractivity contribution in [3.8, 4) is 0 Å². The van der Waals surface area contributed by atoms with Crippen molar-refractivity contribution in [1.29, 1.82) is 0 Å². The third-order valence-electron chi connectivity index (χ3n) is 3.99. The quantitative estimate of drug-likeness (QED) is 0.664. The molecule has 1 rings (SSSR count). The molecule has 0 radical (unpaired) electrons. The van der Waals surface area contributed by atoms with Gasteiger partial charge in [-0.05, 0) is 31.1 Å². The summed E-state index contributed by atoms with van der Waals surface area (Å²) in [5.74, 6) is -2.72. The van der Waals surface area contributed by atoms with Gasteiger partial charge in [0.25, 0.3) is 0 Å². The molecule has 1 fully saturated rings. The highest BCUT2D eigenvalue weighted by Crippen LogP contribution is 2.33. The smallest absolute Gasteiger partial charge is 0.223 e. The van der Waals surface area contributed by atoms with Gasteiger partial charge in [-0.3, -0.25) is 14.4 Å². The van der Waals surface area contributed by atoms with Crippen molar-refractivity contribution < 1.29 is 14.4 Å². The molecule has 1 saturated heterocycles. The van der Waals surface area contributed by atoms with Crippen LogP contribution in [0.5, 0.6) is 0 Å². The molecular formula is C15H27N3O3. The van der Waals surface area contributed by atoms with Crippen LogP contribution in [-0.2, 0) is 14.4 Å². The Kier molecular flexibility index (Phi) is 5.75. The first-order chi connectivity index (χ1) is 9.61. The minimum Gasteiger partial charge on any atom is -0.369 e. The second-order valence-electron chi connectivity index (χ2n) is 7.15. The van der Waals surface area contributed by atoms with E-state index in [9.17, 15) is 14.4 Å². The summed E-state index contributed by atoms with van der Waals surface area (Å²) in [6.07, 6.45) is 2.37. The van der Waals surface area contributed by atoms with Gasteiger partial charge in [-0.15, -0.1) is 0 Å². The van der Waals surface area contributed by atoms with Gasteiger partial charge in [-0.25, -0.2) is 0 Å². The summed E-state index contributed by atoms with van der Waals surface area (Å²) in [6.45, 7) is 6.61. The van der Waals surface area contributed by atoms with Crippen molar-refractivity contribution >= 4 is 17.7 Å². The minimum absolute atomic E-state index is 0.0634. The molecule has 5 N–H and O–H groups in total. The van der Waals surface area contributed by atoms with E-state index in [2.05, 4.69) is 5.32 Å². The maximum atomic E-state index is 11.9. The summed E-state index contributed by atoms with van der Waals surface area (Å²) < 4.78 is 0. The van der Waals surface area contributed by atoms with Crippen LogP contribution < -0.4 is 16.8 Å². The average Bonchev–Trinajstić information content (AvgIpc) is 2.33. The number of carbonyl (C=O) groups excluding carboxylic acids is 3. The highest BCUT2D eigenvalue weighted by atomic mass is 16.2. The second kappa shape index (κ2) is 6.91. The molecule has 1 unspecified atom stereocenters. The Hall–Kier alpha value is -1.59. The fraction of sp³-hybridized carbons (Fsp3) is 0.800. The van der Waals surface area contributed by atoms with Crippen molar-refractivity contribution in [3.05, 3.63) is 0 Å². The largest absolute Gasteiger partial charge is 0.369 e. The molecule has 120 valence electrons. The Morgan fingerprint density at radius 3 is 2.24 bits per heavy atom. The molecule has 0 aromatic carbocycles. The lowest BCUT2D eigenvalue weighted by Gasteiger charge is -2.31. The van der Waals surface area contributed by atoms with E-state index in [1.165, 1.54) is 0 Å². The zero-order valence-electron chi connectivity index (χ0n) is 13.1. The third kappa shape index (κ3) is 5.36. The highest BCUT2D eigenvalue weighted by molar-refractivity contribution is 5.87. The minimum atomic E-state index is -0.685. The van der Waals surface area contributed by atoms with Crippen molar-refractivity contribution in [3.63, 3.8) is 0 Å². The fourth-order valence-electron chi connectivity index (χ4n) is 2.95. The molecule has 0 aromatic rings. The second-order valence-corrected chi connectivity index (χ2v) is 7.15. The molecule has 0 spiro atoms. The monoisotopic (exact) mass is 297 g/mol. The van der Waals surface area contributed by atoms with Crippen LogP contribution in [0, 0.1) is 23.2 Å². The van der Waals surface area contributed by atoms with Gasteiger partial charge in [0.1, 0.15) is 0 Å². The van der Waals surface area contributed by atoms with Crippen molar-refractivity contribution in [2.24, 2.45) is 34.6 Å². The molecule has 6 heteroatoms. The van der Waals surface area contributed by atoms with Gasteiger partial charge in [0.05, 0.1) is 5.92 Å². The number of nitrogens with one attached hydrogen (secondary N) is 1. The molecule has 1 aliphatic rings. The average molecular weight is 297 g/mol. The lowest BCUT2D eigenvalue weighted by Crippen LogP contribution is -2.44. The normalized spacial score (nSPS) is 22.2. The number of amides is 3. The first-order valence-corrected chi connectivity index (χ1v) is 7.48. The van der Waals surface area contributed by atoms with Crippen LogP contribution in [0.1, 0.15) is 46.5 Å². The Morgan fingerprint density at radius 1 is 1.24 bits per heavy atom. The van der Waals surface area contributed by atoms with Crippen molar-refractivity contribution in [1.82, 2.24) is 5.32 Å². The molecular weight excluding hydrogens is 270 g/mol. The van der Waals surface area contributed by atoms with E-state index >= 15 is 0 Å². The van der Waals surface area contributed by atoms with Crippen LogP contribution in [0.4, 0.5) is 0 Å². The Bertz CT molecular complexity index is 415. The SMILES string of the molecule is CC(C)(C)CC(C(N)=O)[C@H](C[C@@H]1CCCNC1=O)C(N)=O. The van der Waals surface area contributed by atoms with Crippen LogP contribution in [0.3, 0.4) is 0 Å². The number of hydrogen-bond donors (Lipinski definition) is 3. The van der Waals surface area contributed by atoms with Crippen LogP contribution >= 0.6 is 0 Å². The standard InChI is InChI=1S/C15H27N3O3/c1-15(2,3)8-11(13(17)20)10(12(16)19)7-9-5-4-6-18-14(9)21/h9-11H,4-8H2,1-3H3,(H2,16,19)(H2,17,20)(H,18,21)/t9-,10-,11?/m0/s1. The van der Waals surface area contributed by atoms with E-state index in [4.69, 9.17) is 11.5 Å². The van der Waals surface area contributed by atoms with Crippen LogP contribution in [0.25, 0.3) is 0 Å². The van der Waals surface area contributed by atoms with Gasteiger partial charge >= 0.3 is 0 Å². The van der Waals surface area contributed by atoms with Crippen LogP contribution in [0.2, 0.25) is 0 Å². The van der Waals surface area contributed by atoms with Gasteiger partial charge in [0, 0.05) is 18.4 Å². The molecule has 3 amide bonds. The molecule has 0 bridgehead atoms. The number of piperidine rings is 1. The predicted molar refractivity (Wildman–Crippen MR) is 79.8 cm³/mol. The summed E-state index contributed by atoms with van der Waals surface area (Å²) in [5.41, 5.74) is 10.8. The number of carbonyl (C=O) groups is 3. The molecule has 1 aliphatic heterocycles. The van der Waals surface area contributed by atoms with E-state index in [1.807, 2.05) is 20.8 Å². The number of primary amides is 2. The summed E-state index contributed by atoms with van der Waals surface area (Å²) >= 11 is 0. The van der Waals surface area contributed by atoms with Gasteiger partial charge in [-0.1, -0.05) is 20.8 Å². The lowest BCUT2D eigenvalue weighted by atomic mass is 9.74. The zero-order valence-corrected chi connectivity index (χ0v) is 13.1. The molecule has 21 heavy (non-hydrogen) atoms. The molecule has 1 heterocycles. The lowest BCUT2D eigenvalue weighted by molar-refractivity contribution is -0.135. The topological polar surface area (TPSA) is 115 Å². The Balaban J connectivity index is 2.89. The maximum absolute atomic E-state index is 11.9. The van der Waals surface area contributed by atoms with Gasteiger partial charge in [0.15, 0.2) is 0 Å². The molecule has 0 aromatic heterocycles. The molecule has 0 aliphatic carbocycles. The van der Waals surface area contributed by atoms with E-state index in [0.29, 0.717) is 19.4 Å². The number of nitrogens with two attached hydrogens (primary N) is 2. The third-order valence-corrected chi connectivity index (χ3v) is 3.99. The van der Waals surface area contributed by atoms with E-state index in [-0.39, 0.29) is 17.2 Å². The Labute approximate surface area is 126 Å². The highest BCUT2D eigenvalue weighted by Gasteiger charge is 2.37. The van der Waals surface area contributed by atoms with Gasteiger partial charge in [-0.2, -0.15) is 0 Å². The zero-order chi connectivity index (χ0) is 16.2. The van der Waals surface area contributed by atoms with E-state index in [1.54, 1.807) is 0 Å². The summed E-state index contributed by atoms with van der Waals surface area (Å²) in [5, 5.41) is 2.79. The van der Waals surface area contributed by atoms with Crippen LogP contribution in [-0.4, -0.2) is 24.3 Å². The van der Waals surface area contributed by atoms with Crippen molar-refractivity contribution in [2.45, 2.75) is 46.5 Å². The predicted octanol–water partition coefficient (Wildman–Crippen LogP) is 0.542.